The zero-order valence-electron chi connectivity index (χ0n) is 11.1. The summed E-state index contributed by atoms with van der Waals surface area (Å²) in [5.74, 6) is 0. The highest BCUT2D eigenvalue weighted by molar-refractivity contribution is 7.86. The molecule has 0 aromatic rings. The minimum atomic E-state index is -3.37. The lowest BCUT2D eigenvalue weighted by molar-refractivity contribution is 0.00779. The second-order valence-corrected chi connectivity index (χ2v) is 7.68. The maximum absolute atomic E-state index is 12.5. The van der Waals surface area contributed by atoms with Crippen LogP contribution in [0.3, 0.4) is 0 Å². The third-order valence-corrected chi connectivity index (χ3v) is 5.84. The Morgan fingerprint density at radius 2 is 1.50 bits per heavy atom. The summed E-state index contributed by atoms with van der Waals surface area (Å²) in [7, 11) is -3.37. The summed E-state index contributed by atoms with van der Waals surface area (Å²) in [5, 5.41) is 10.0. The van der Waals surface area contributed by atoms with Gasteiger partial charge in [0, 0.05) is 26.2 Å². The highest BCUT2D eigenvalue weighted by Gasteiger charge is 2.37. The third-order valence-electron chi connectivity index (χ3n) is 3.86. The first-order chi connectivity index (χ1) is 8.42. The average molecular weight is 276 g/mol. The quantitative estimate of drug-likeness (QED) is 0.817. The van der Waals surface area contributed by atoms with Gasteiger partial charge < -0.3 is 5.11 Å². The van der Waals surface area contributed by atoms with Gasteiger partial charge in [-0.15, -0.1) is 0 Å². The van der Waals surface area contributed by atoms with Crippen molar-refractivity contribution in [2.45, 2.75) is 51.0 Å². The van der Waals surface area contributed by atoms with E-state index in [2.05, 4.69) is 0 Å². The number of nitrogens with zero attached hydrogens (tertiary/aromatic N) is 2. The molecule has 106 valence electrons. The topological polar surface area (TPSA) is 60.9 Å². The van der Waals surface area contributed by atoms with Crippen molar-refractivity contribution in [3.05, 3.63) is 0 Å². The van der Waals surface area contributed by atoms with Gasteiger partial charge in [0.05, 0.1) is 5.60 Å². The molecule has 1 N–H and O–H groups in total. The average Bonchev–Trinajstić information content (AvgIpc) is 2.56. The molecule has 2 saturated heterocycles. The fourth-order valence-electron chi connectivity index (χ4n) is 2.81. The molecular formula is C12H24N2O3S. The van der Waals surface area contributed by atoms with Crippen LogP contribution in [0.1, 0.15) is 45.4 Å². The Balaban J connectivity index is 2.09. The maximum Gasteiger partial charge on any atom is 0.282 e. The van der Waals surface area contributed by atoms with Crippen molar-refractivity contribution in [1.29, 1.82) is 0 Å². The zero-order chi connectivity index (χ0) is 13.2. The minimum Gasteiger partial charge on any atom is -0.389 e. The van der Waals surface area contributed by atoms with Gasteiger partial charge in [-0.05, 0) is 32.6 Å². The van der Waals surface area contributed by atoms with E-state index in [9.17, 15) is 13.5 Å². The van der Waals surface area contributed by atoms with Gasteiger partial charge in [0.15, 0.2) is 0 Å². The van der Waals surface area contributed by atoms with Gasteiger partial charge in [-0.2, -0.15) is 17.0 Å². The van der Waals surface area contributed by atoms with Crippen molar-refractivity contribution < 1.29 is 13.5 Å². The predicted octanol–water partition coefficient (Wildman–Crippen LogP) is 0.954. The Kier molecular flexibility index (Phi) is 4.31. The summed E-state index contributed by atoms with van der Waals surface area (Å²) in [4.78, 5) is 0. The molecule has 0 bridgehead atoms. The molecule has 0 amide bonds. The first kappa shape index (κ1) is 14.2. The Morgan fingerprint density at radius 1 is 0.944 bits per heavy atom. The van der Waals surface area contributed by atoms with E-state index in [4.69, 9.17) is 0 Å². The smallest absolute Gasteiger partial charge is 0.282 e. The normalized spacial score (nSPS) is 33.2. The summed E-state index contributed by atoms with van der Waals surface area (Å²) >= 11 is 0. The van der Waals surface area contributed by atoms with Gasteiger partial charge in [0.1, 0.15) is 0 Å². The summed E-state index contributed by atoms with van der Waals surface area (Å²) in [6.45, 7) is 3.74. The molecule has 0 spiro atoms. The van der Waals surface area contributed by atoms with Gasteiger partial charge in [-0.3, -0.25) is 0 Å². The highest BCUT2D eigenvalue weighted by atomic mass is 32.2. The first-order valence-electron chi connectivity index (χ1n) is 6.89. The Bertz CT molecular complexity index is 373. The molecule has 2 fully saturated rings. The van der Waals surface area contributed by atoms with Crippen molar-refractivity contribution in [3.8, 4) is 0 Å². The Labute approximate surface area is 110 Å². The van der Waals surface area contributed by atoms with E-state index in [1.807, 2.05) is 0 Å². The summed E-state index contributed by atoms with van der Waals surface area (Å²) in [6.07, 6.45) is 5.54. The summed E-state index contributed by atoms with van der Waals surface area (Å²) < 4.78 is 28.1. The second-order valence-electron chi connectivity index (χ2n) is 5.76. The largest absolute Gasteiger partial charge is 0.389 e. The SMILES string of the molecule is CC1(O)CCCN(S(=O)(=O)N2CCCCCC2)C1. The van der Waals surface area contributed by atoms with Crippen LogP contribution in [0.15, 0.2) is 0 Å². The van der Waals surface area contributed by atoms with Crippen molar-refractivity contribution in [1.82, 2.24) is 8.61 Å². The van der Waals surface area contributed by atoms with E-state index in [0.717, 1.165) is 32.1 Å². The Morgan fingerprint density at radius 3 is 2.06 bits per heavy atom. The molecule has 2 heterocycles. The van der Waals surface area contributed by atoms with E-state index in [1.165, 1.54) is 4.31 Å². The van der Waals surface area contributed by atoms with Gasteiger partial charge in [0.25, 0.3) is 10.2 Å². The van der Waals surface area contributed by atoms with Crippen LogP contribution in [0.25, 0.3) is 0 Å². The molecule has 0 radical (unpaired) electrons. The monoisotopic (exact) mass is 276 g/mol. The molecule has 6 heteroatoms. The number of aliphatic hydroxyl groups is 1. The molecule has 0 saturated carbocycles. The first-order valence-corrected chi connectivity index (χ1v) is 8.29. The number of hydrogen-bond acceptors (Lipinski definition) is 3. The maximum atomic E-state index is 12.5. The fraction of sp³-hybridized carbons (Fsp3) is 1.00. The van der Waals surface area contributed by atoms with Crippen LogP contribution in [0.2, 0.25) is 0 Å². The fourth-order valence-corrected chi connectivity index (χ4v) is 4.65. The molecule has 5 nitrogen and oxygen atoms in total. The lowest BCUT2D eigenvalue weighted by atomic mass is 9.97. The minimum absolute atomic E-state index is 0.228. The molecule has 1 atom stereocenters. The van der Waals surface area contributed by atoms with Crippen LogP contribution < -0.4 is 0 Å². The summed E-state index contributed by atoms with van der Waals surface area (Å²) in [5.41, 5.74) is -0.878. The van der Waals surface area contributed by atoms with E-state index in [0.29, 0.717) is 26.1 Å². The number of piperidine rings is 1. The zero-order valence-corrected chi connectivity index (χ0v) is 12.0. The number of rotatable bonds is 2. The molecular weight excluding hydrogens is 252 g/mol. The third kappa shape index (κ3) is 3.23. The predicted molar refractivity (Wildman–Crippen MR) is 70.4 cm³/mol. The molecule has 0 aromatic heterocycles. The Hall–Kier alpha value is -0.170. The van der Waals surface area contributed by atoms with E-state index in [-0.39, 0.29) is 6.54 Å². The number of β-amino-alcohol motifs (C(OH)–C–C–N with tert-alkyl or cyclic N) is 1. The molecule has 0 aliphatic carbocycles. The van der Waals surface area contributed by atoms with Crippen molar-refractivity contribution >= 4 is 10.2 Å². The lowest BCUT2D eigenvalue weighted by Gasteiger charge is -2.38. The molecule has 2 aliphatic rings. The number of hydrogen-bond donors (Lipinski definition) is 1. The van der Waals surface area contributed by atoms with Crippen LogP contribution in [0.5, 0.6) is 0 Å². The second kappa shape index (κ2) is 5.45. The molecule has 0 aromatic carbocycles. The lowest BCUT2D eigenvalue weighted by Crippen LogP contribution is -2.53. The molecule has 18 heavy (non-hydrogen) atoms. The van der Waals surface area contributed by atoms with Gasteiger partial charge in [-0.1, -0.05) is 12.8 Å². The molecule has 1 unspecified atom stereocenters. The van der Waals surface area contributed by atoms with Crippen molar-refractivity contribution in [2.75, 3.05) is 26.2 Å². The molecule has 2 aliphatic heterocycles. The molecule has 2 rings (SSSR count). The van der Waals surface area contributed by atoms with Gasteiger partial charge in [-0.25, -0.2) is 0 Å². The van der Waals surface area contributed by atoms with Crippen LogP contribution in [0, 0.1) is 0 Å². The van der Waals surface area contributed by atoms with E-state index in [1.54, 1.807) is 11.2 Å². The van der Waals surface area contributed by atoms with Crippen LogP contribution in [-0.2, 0) is 10.2 Å². The van der Waals surface area contributed by atoms with Crippen molar-refractivity contribution in [3.63, 3.8) is 0 Å². The van der Waals surface area contributed by atoms with Gasteiger partial charge in [0.2, 0.25) is 0 Å². The van der Waals surface area contributed by atoms with Gasteiger partial charge >= 0.3 is 0 Å². The van der Waals surface area contributed by atoms with E-state index < -0.39 is 15.8 Å². The van der Waals surface area contributed by atoms with Crippen LogP contribution in [-0.4, -0.2) is 53.9 Å². The standard InChI is InChI=1S/C12H24N2O3S/c1-12(15)7-6-10-14(11-12)18(16,17)13-8-4-2-3-5-9-13/h15H,2-11H2,1H3. The summed E-state index contributed by atoms with van der Waals surface area (Å²) in [6, 6.07) is 0. The van der Waals surface area contributed by atoms with Crippen LogP contribution in [0.4, 0.5) is 0 Å². The van der Waals surface area contributed by atoms with E-state index >= 15 is 0 Å². The van der Waals surface area contributed by atoms with Crippen LogP contribution >= 0.6 is 0 Å². The van der Waals surface area contributed by atoms with Crippen molar-refractivity contribution in [2.24, 2.45) is 0 Å². The highest BCUT2D eigenvalue weighted by Crippen LogP contribution is 2.25.